The molecule has 0 radical (unpaired) electrons. The highest BCUT2D eigenvalue weighted by molar-refractivity contribution is 7.62. The van der Waals surface area contributed by atoms with Crippen molar-refractivity contribution in [2.75, 3.05) is 26.3 Å². The normalized spacial score (nSPS) is 12.3. The van der Waals surface area contributed by atoms with Crippen LogP contribution in [0.4, 0.5) is 0 Å². The Kier molecular flexibility index (Phi) is 5.32. The second-order valence-corrected chi connectivity index (χ2v) is 8.24. The fourth-order valence-electron chi connectivity index (χ4n) is 0.911. The maximum atomic E-state index is 11.5. The Bertz CT molecular complexity index is 349. The van der Waals surface area contributed by atoms with Crippen molar-refractivity contribution in [3.05, 3.63) is 0 Å². The minimum atomic E-state index is -2.29. The number of amides is 1. The molecule has 0 aliphatic rings. The summed E-state index contributed by atoms with van der Waals surface area (Å²) in [6, 6.07) is 0. The molecule has 0 aromatic heterocycles. The highest BCUT2D eigenvalue weighted by Gasteiger charge is 2.39. The van der Waals surface area contributed by atoms with Crippen molar-refractivity contribution in [1.29, 1.82) is 0 Å². The van der Waals surface area contributed by atoms with Crippen LogP contribution in [-0.2, 0) is 14.2 Å². The van der Waals surface area contributed by atoms with Crippen LogP contribution in [0.5, 0.6) is 0 Å². The number of carboxylic acids is 1. The maximum Gasteiger partial charge on any atom is 0.318 e. The van der Waals surface area contributed by atoms with Gasteiger partial charge in [-0.15, -0.1) is 0 Å². The van der Waals surface area contributed by atoms with Crippen LogP contribution in [0, 0.1) is 5.41 Å². The lowest BCUT2D eigenvalue weighted by molar-refractivity contribution is -0.182. The fraction of sp³-hybridized carbons (Fsp3) is 0.778. The van der Waals surface area contributed by atoms with Crippen molar-refractivity contribution < 1.29 is 24.5 Å². The van der Waals surface area contributed by atoms with E-state index in [0.29, 0.717) is 0 Å². The summed E-state index contributed by atoms with van der Waals surface area (Å²) in [6.45, 7) is 5.26. The third kappa shape index (κ3) is 5.30. The van der Waals surface area contributed by atoms with Gasteiger partial charge in [0.25, 0.3) is 5.91 Å². The van der Waals surface area contributed by atoms with Crippen LogP contribution in [-0.4, -0.2) is 53.5 Å². The van der Waals surface area contributed by atoms with Gasteiger partial charge in [0.15, 0.2) is 0 Å². The summed E-state index contributed by atoms with van der Waals surface area (Å²) in [5, 5.41) is 21.1. The van der Waals surface area contributed by atoms with Crippen LogP contribution in [0.1, 0.15) is 13.8 Å². The number of carboxylic acid groups (broad SMARTS) is 1. The van der Waals surface area contributed by atoms with Gasteiger partial charge in [-0.1, -0.05) is 0 Å². The summed E-state index contributed by atoms with van der Waals surface area (Å²) >= 11 is 0. The third-order valence-corrected chi connectivity index (χ3v) is 3.04. The van der Waals surface area contributed by atoms with Crippen LogP contribution in [0.15, 0.2) is 0 Å². The molecule has 8 heteroatoms. The maximum absolute atomic E-state index is 11.5. The first-order valence-corrected chi connectivity index (χ1v) is 7.76. The Morgan fingerprint density at radius 1 is 1.35 bits per heavy atom. The van der Waals surface area contributed by atoms with Gasteiger partial charge in [-0.3, -0.25) is 20.1 Å². The second-order valence-electron chi connectivity index (χ2n) is 4.77. The molecule has 3 N–H and O–H groups in total. The molecule has 0 unspecified atom stereocenters. The van der Waals surface area contributed by atoms with E-state index in [0.717, 1.165) is 0 Å². The molecule has 0 aliphatic carbocycles. The summed E-state index contributed by atoms with van der Waals surface area (Å²) in [5.41, 5.74) is -1.70. The van der Waals surface area contributed by atoms with Crippen LogP contribution in [0.3, 0.4) is 0 Å². The monoisotopic (exact) mass is 266 g/mol. The van der Waals surface area contributed by atoms with Gasteiger partial charge in [0.2, 0.25) is 0 Å². The van der Waals surface area contributed by atoms with E-state index in [1.807, 2.05) is 0 Å². The van der Waals surface area contributed by atoms with E-state index in [9.17, 15) is 19.4 Å². The molecular formula is C9H19N2O5P. The molecule has 100 valence electrons. The molecule has 1 amide bonds. The molecule has 0 aromatic rings. The van der Waals surface area contributed by atoms with E-state index in [1.54, 1.807) is 13.3 Å². The number of hydroxylamine groups is 2. The van der Waals surface area contributed by atoms with Gasteiger partial charge in [-0.25, -0.2) is 5.06 Å². The minimum absolute atomic E-state index is 0.158. The fourth-order valence-corrected chi connectivity index (χ4v) is 1.55. The van der Waals surface area contributed by atoms with Crippen molar-refractivity contribution in [2.45, 2.75) is 13.8 Å². The molecule has 7 nitrogen and oxygen atoms in total. The Hall–Kier alpha value is -0.910. The number of hydrogen-bond acceptors (Lipinski definition) is 5. The molecule has 0 fully saturated rings. The lowest BCUT2D eigenvalue weighted by Gasteiger charge is -2.24. The lowest BCUT2D eigenvalue weighted by Crippen LogP contribution is -2.46. The molecule has 0 heterocycles. The summed E-state index contributed by atoms with van der Waals surface area (Å²) in [7, 11) is -2.29. The van der Waals surface area contributed by atoms with Crippen LogP contribution >= 0.6 is 7.14 Å². The summed E-state index contributed by atoms with van der Waals surface area (Å²) in [4.78, 5) is 22.3. The van der Waals surface area contributed by atoms with Gasteiger partial charge in [0, 0.05) is 0 Å². The Morgan fingerprint density at radius 3 is 2.18 bits per heavy atom. The zero-order valence-corrected chi connectivity index (χ0v) is 11.3. The van der Waals surface area contributed by atoms with Gasteiger partial charge in [0.1, 0.15) is 5.41 Å². The number of hydrogen-bond donors (Lipinski definition) is 3. The average molecular weight is 266 g/mol. The number of carbonyl (C=O) groups excluding carboxylic acids is 1. The van der Waals surface area contributed by atoms with Crippen LogP contribution in [0.25, 0.3) is 0 Å². The number of nitrogens with zero attached hydrogens (tertiary/aromatic N) is 1. The van der Waals surface area contributed by atoms with Crippen LogP contribution < -0.4 is 5.32 Å². The quantitative estimate of drug-likeness (QED) is 0.212. The number of aliphatic carboxylic acids is 1. The largest absolute Gasteiger partial charge is 0.480 e. The standard InChI is InChI=1S/C9H19N2O5P/c1-9(2,8(13)14)7(12)11(15)5-10-6-17(3,4)16/h10,15H,5-6H2,1-4H3,(H,13,14). The van der Waals surface area contributed by atoms with Crippen LogP contribution in [0.2, 0.25) is 0 Å². The molecular weight excluding hydrogens is 247 g/mol. The first kappa shape index (κ1) is 16.1. The topological polar surface area (TPSA) is 107 Å². The summed E-state index contributed by atoms with van der Waals surface area (Å²) in [5.74, 6) is -2.25. The van der Waals surface area contributed by atoms with Crippen molar-refractivity contribution in [3.8, 4) is 0 Å². The zero-order chi connectivity index (χ0) is 13.9. The number of carbonyl (C=O) groups is 2. The van der Waals surface area contributed by atoms with Gasteiger partial charge in [-0.2, -0.15) is 0 Å². The minimum Gasteiger partial charge on any atom is -0.480 e. The summed E-state index contributed by atoms with van der Waals surface area (Å²) < 4.78 is 11.3. The van der Waals surface area contributed by atoms with E-state index in [2.05, 4.69) is 5.32 Å². The molecule has 0 aromatic carbocycles. The molecule has 17 heavy (non-hydrogen) atoms. The molecule has 0 rings (SSSR count). The van der Waals surface area contributed by atoms with Gasteiger partial charge in [-0.05, 0) is 27.2 Å². The van der Waals surface area contributed by atoms with Crippen molar-refractivity contribution in [3.63, 3.8) is 0 Å². The Labute approximate surface area is 100 Å². The molecule has 0 bridgehead atoms. The van der Waals surface area contributed by atoms with E-state index >= 15 is 0 Å². The first-order chi connectivity index (χ1) is 7.48. The summed E-state index contributed by atoms with van der Waals surface area (Å²) in [6.07, 6.45) is 0.158. The molecule has 0 aliphatic heterocycles. The van der Waals surface area contributed by atoms with Gasteiger partial charge in [0.05, 0.1) is 20.1 Å². The van der Waals surface area contributed by atoms with Crippen molar-refractivity contribution in [1.82, 2.24) is 10.4 Å². The molecule has 0 saturated carbocycles. The van der Waals surface area contributed by atoms with E-state index in [-0.39, 0.29) is 18.0 Å². The predicted molar refractivity (Wildman–Crippen MR) is 62.4 cm³/mol. The van der Waals surface area contributed by atoms with E-state index < -0.39 is 24.4 Å². The van der Waals surface area contributed by atoms with Gasteiger partial charge >= 0.3 is 5.97 Å². The highest BCUT2D eigenvalue weighted by Crippen LogP contribution is 2.33. The van der Waals surface area contributed by atoms with Crippen molar-refractivity contribution >= 4 is 19.0 Å². The SMILES string of the molecule is CC(C)(C(=O)O)C(=O)N(O)CNCP(C)(C)=O. The zero-order valence-electron chi connectivity index (χ0n) is 10.4. The second kappa shape index (κ2) is 5.62. The molecule has 0 saturated heterocycles. The smallest absolute Gasteiger partial charge is 0.318 e. The molecule has 0 spiro atoms. The lowest BCUT2D eigenvalue weighted by atomic mass is 9.93. The highest BCUT2D eigenvalue weighted by atomic mass is 31.2. The molecule has 0 atom stereocenters. The predicted octanol–water partition coefficient (Wildman–Crippen LogP) is 0.442. The third-order valence-electron chi connectivity index (χ3n) is 2.06. The van der Waals surface area contributed by atoms with Gasteiger partial charge < -0.3 is 9.67 Å². The Morgan fingerprint density at radius 2 is 1.82 bits per heavy atom. The van der Waals surface area contributed by atoms with Crippen molar-refractivity contribution in [2.24, 2.45) is 5.41 Å². The Balaban J connectivity index is 4.34. The van der Waals surface area contributed by atoms with E-state index in [4.69, 9.17) is 5.11 Å². The average Bonchev–Trinajstić information content (AvgIpc) is 2.13. The van der Waals surface area contributed by atoms with E-state index in [1.165, 1.54) is 13.8 Å². The number of rotatable bonds is 6. The number of nitrogens with one attached hydrogen (secondary N) is 1. The first-order valence-electron chi connectivity index (χ1n) is 4.97.